The number of aliphatic hydroxyl groups excluding tert-OH is 3. The SMILES string of the molecule is CCCCC/C=C/CO[C@H]1[C@H](O)[C@@H](O)CO[C@@H]1CO. The first-order chi connectivity index (χ1) is 9.20. The molecule has 0 spiro atoms. The number of hydrogen-bond acceptors (Lipinski definition) is 5. The van der Waals surface area contributed by atoms with Crippen LogP contribution in [0.25, 0.3) is 0 Å². The molecular formula is C14H26O5. The van der Waals surface area contributed by atoms with Gasteiger partial charge in [0.2, 0.25) is 0 Å². The van der Waals surface area contributed by atoms with Gasteiger partial charge in [0.1, 0.15) is 24.4 Å². The predicted molar refractivity (Wildman–Crippen MR) is 71.9 cm³/mol. The van der Waals surface area contributed by atoms with E-state index < -0.39 is 24.4 Å². The van der Waals surface area contributed by atoms with Crippen molar-refractivity contribution in [3.8, 4) is 0 Å². The molecule has 0 radical (unpaired) electrons. The van der Waals surface area contributed by atoms with Gasteiger partial charge in [0.25, 0.3) is 0 Å². The lowest BCUT2D eigenvalue weighted by atomic mass is 10.0. The van der Waals surface area contributed by atoms with Crippen LogP contribution in [-0.2, 0) is 9.47 Å². The minimum absolute atomic E-state index is 0.0269. The summed E-state index contributed by atoms with van der Waals surface area (Å²) >= 11 is 0. The Labute approximate surface area is 114 Å². The van der Waals surface area contributed by atoms with Crippen LogP contribution in [0, 0.1) is 0 Å². The van der Waals surface area contributed by atoms with E-state index in [-0.39, 0.29) is 13.2 Å². The maximum absolute atomic E-state index is 9.82. The van der Waals surface area contributed by atoms with Crippen molar-refractivity contribution in [1.29, 1.82) is 0 Å². The molecule has 0 aromatic heterocycles. The maximum Gasteiger partial charge on any atom is 0.115 e. The average molecular weight is 274 g/mol. The molecule has 1 fully saturated rings. The molecule has 4 atom stereocenters. The Hall–Kier alpha value is -0.460. The standard InChI is InChI=1S/C14H26O5/c1-2-3-4-5-6-7-8-18-14-12(9-15)19-10-11(16)13(14)17/h6-7,11-17H,2-5,8-10H2,1H3/b7-6+/t11-,12+,13+,14+/m0/s1. The van der Waals surface area contributed by atoms with E-state index in [4.69, 9.17) is 14.6 Å². The molecule has 1 rings (SSSR count). The van der Waals surface area contributed by atoms with Crippen molar-refractivity contribution in [3.63, 3.8) is 0 Å². The van der Waals surface area contributed by atoms with Gasteiger partial charge in [-0.1, -0.05) is 31.9 Å². The van der Waals surface area contributed by atoms with E-state index >= 15 is 0 Å². The van der Waals surface area contributed by atoms with Crippen LogP contribution in [-0.4, -0.2) is 59.6 Å². The quantitative estimate of drug-likeness (QED) is 0.447. The molecule has 1 saturated heterocycles. The fraction of sp³-hybridized carbons (Fsp3) is 0.857. The van der Waals surface area contributed by atoms with Crippen LogP contribution in [0.1, 0.15) is 32.6 Å². The molecule has 5 nitrogen and oxygen atoms in total. The summed E-state index contributed by atoms with van der Waals surface area (Å²) in [4.78, 5) is 0. The summed E-state index contributed by atoms with van der Waals surface area (Å²) in [6.07, 6.45) is 5.33. The van der Waals surface area contributed by atoms with Crippen molar-refractivity contribution in [2.45, 2.75) is 57.0 Å². The van der Waals surface area contributed by atoms with Crippen LogP contribution >= 0.6 is 0 Å². The molecule has 1 heterocycles. The second-order valence-corrected chi connectivity index (χ2v) is 4.88. The number of allylic oxidation sites excluding steroid dienone is 1. The van der Waals surface area contributed by atoms with Crippen LogP contribution in [0.2, 0.25) is 0 Å². The molecule has 0 amide bonds. The first-order valence-electron chi connectivity index (χ1n) is 7.05. The van der Waals surface area contributed by atoms with Gasteiger partial charge in [0.15, 0.2) is 0 Å². The number of ether oxygens (including phenoxy) is 2. The van der Waals surface area contributed by atoms with Gasteiger partial charge < -0.3 is 24.8 Å². The molecule has 0 bridgehead atoms. The number of rotatable bonds is 8. The third-order valence-corrected chi connectivity index (χ3v) is 3.28. The lowest BCUT2D eigenvalue weighted by Crippen LogP contribution is -2.55. The first kappa shape index (κ1) is 16.6. The molecule has 5 heteroatoms. The summed E-state index contributed by atoms with van der Waals surface area (Å²) in [6.45, 7) is 2.31. The van der Waals surface area contributed by atoms with Crippen molar-refractivity contribution >= 4 is 0 Å². The van der Waals surface area contributed by atoms with Crippen LogP contribution < -0.4 is 0 Å². The Bertz CT molecular complexity index is 254. The van der Waals surface area contributed by atoms with Crippen molar-refractivity contribution in [1.82, 2.24) is 0 Å². The first-order valence-corrected chi connectivity index (χ1v) is 7.05. The number of hydrogen-bond donors (Lipinski definition) is 3. The Morgan fingerprint density at radius 3 is 2.74 bits per heavy atom. The van der Waals surface area contributed by atoms with E-state index in [0.717, 1.165) is 6.42 Å². The Kier molecular flexibility index (Phi) is 8.25. The summed E-state index contributed by atoms with van der Waals surface area (Å²) in [7, 11) is 0. The van der Waals surface area contributed by atoms with Crippen molar-refractivity contribution in [3.05, 3.63) is 12.2 Å². The predicted octanol–water partition coefficient (Wildman–Crippen LogP) is 0.621. The summed E-state index contributed by atoms with van der Waals surface area (Å²) in [5.74, 6) is 0. The van der Waals surface area contributed by atoms with E-state index in [9.17, 15) is 10.2 Å². The zero-order valence-electron chi connectivity index (χ0n) is 11.6. The number of unbranched alkanes of at least 4 members (excludes halogenated alkanes) is 3. The van der Waals surface area contributed by atoms with Crippen molar-refractivity contribution in [2.24, 2.45) is 0 Å². The van der Waals surface area contributed by atoms with Gasteiger partial charge in [0, 0.05) is 0 Å². The fourth-order valence-corrected chi connectivity index (χ4v) is 2.08. The highest BCUT2D eigenvalue weighted by Gasteiger charge is 2.38. The second-order valence-electron chi connectivity index (χ2n) is 4.88. The zero-order valence-corrected chi connectivity index (χ0v) is 11.6. The van der Waals surface area contributed by atoms with Gasteiger partial charge in [-0.25, -0.2) is 0 Å². The second kappa shape index (κ2) is 9.44. The lowest BCUT2D eigenvalue weighted by Gasteiger charge is -2.37. The van der Waals surface area contributed by atoms with Gasteiger partial charge in [-0.15, -0.1) is 0 Å². The maximum atomic E-state index is 9.82. The summed E-state index contributed by atoms with van der Waals surface area (Å²) in [5, 5.41) is 28.5. The third kappa shape index (κ3) is 5.58. The fourth-order valence-electron chi connectivity index (χ4n) is 2.08. The van der Waals surface area contributed by atoms with Crippen LogP contribution in [0.4, 0.5) is 0 Å². The Morgan fingerprint density at radius 2 is 2.05 bits per heavy atom. The Morgan fingerprint density at radius 1 is 1.26 bits per heavy atom. The van der Waals surface area contributed by atoms with E-state index in [1.807, 2.05) is 6.08 Å². The van der Waals surface area contributed by atoms with E-state index in [1.165, 1.54) is 19.3 Å². The van der Waals surface area contributed by atoms with E-state index in [2.05, 4.69) is 13.0 Å². The summed E-state index contributed by atoms with van der Waals surface area (Å²) in [6, 6.07) is 0. The van der Waals surface area contributed by atoms with Crippen LogP contribution in [0.15, 0.2) is 12.2 Å². The Balaban J connectivity index is 2.28. The van der Waals surface area contributed by atoms with Gasteiger partial charge in [0.05, 0.1) is 19.8 Å². The minimum Gasteiger partial charge on any atom is -0.394 e. The van der Waals surface area contributed by atoms with E-state index in [0.29, 0.717) is 6.61 Å². The topological polar surface area (TPSA) is 79.2 Å². The molecule has 3 N–H and O–H groups in total. The van der Waals surface area contributed by atoms with Crippen LogP contribution in [0.3, 0.4) is 0 Å². The highest BCUT2D eigenvalue weighted by Crippen LogP contribution is 2.18. The molecule has 0 saturated carbocycles. The van der Waals surface area contributed by atoms with Gasteiger partial charge >= 0.3 is 0 Å². The monoisotopic (exact) mass is 274 g/mol. The molecule has 0 unspecified atom stereocenters. The molecule has 0 aromatic carbocycles. The van der Waals surface area contributed by atoms with Gasteiger partial charge in [-0.3, -0.25) is 0 Å². The molecular weight excluding hydrogens is 248 g/mol. The summed E-state index contributed by atoms with van der Waals surface area (Å²) < 4.78 is 10.7. The molecule has 0 aromatic rings. The van der Waals surface area contributed by atoms with E-state index in [1.54, 1.807) is 0 Å². The third-order valence-electron chi connectivity index (χ3n) is 3.28. The molecule has 112 valence electrons. The molecule has 19 heavy (non-hydrogen) atoms. The number of aliphatic hydroxyl groups is 3. The normalized spacial score (nSPS) is 32.0. The molecule has 1 aliphatic heterocycles. The smallest absolute Gasteiger partial charge is 0.115 e. The van der Waals surface area contributed by atoms with Gasteiger partial charge in [-0.05, 0) is 12.8 Å². The highest BCUT2D eigenvalue weighted by atomic mass is 16.6. The van der Waals surface area contributed by atoms with Gasteiger partial charge in [-0.2, -0.15) is 0 Å². The minimum atomic E-state index is -1.01. The highest BCUT2D eigenvalue weighted by molar-refractivity contribution is 4.89. The summed E-state index contributed by atoms with van der Waals surface area (Å²) in [5.41, 5.74) is 0. The largest absolute Gasteiger partial charge is 0.394 e. The lowest BCUT2D eigenvalue weighted by molar-refractivity contribution is -0.208. The van der Waals surface area contributed by atoms with Crippen molar-refractivity contribution < 1.29 is 24.8 Å². The average Bonchev–Trinajstić information content (AvgIpc) is 2.42. The molecule has 1 aliphatic rings. The van der Waals surface area contributed by atoms with Crippen LogP contribution in [0.5, 0.6) is 0 Å². The van der Waals surface area contributed by atoms with Crippen molar-refractivity contribution in [2.75, 3.05) is 19.8 Å². The molecule has 0 aliphatic carbocycles. The zero-order chi connectivity index (χ0) is 14.1.